The summed E-state index contributed by atoms with van der Waals surface area (Å²) in [7, 11) is 0. The van der Waals surface area contributed by atoms with Crippen LogP contribution in [0.5, 0.6) is 0 Å². The van der Waals surface area contributed by atoms with E-state index in [1.54, 1.807) is 23.9 Å². The quantitative estimate of drug-likeness (QED) is 0.385. The van der Waals surface area contributed by atoms with Crippen LogP contribution in [0.2, 0.25) is 5.02 Å². The zero-order valence-electron chi connectivity index (χ0n) is 11.9. The zero-order valence-corrected chi connectivity index (χ0v) is 13.4. The third-order valence-electron chi connectivity index (χ3n) is 4.03. The SMILES string of the molecule is CSC1(/C(N)=N/O)CCN(Cc2cc(Cl)ccc2F)CC1. The van der Waals surface area contributed by atoms with Crippen LogP contribution in [0.1, 0.15) is 18.4 Å². The summed E-state index contributed by atoms with van der Waals surface area (Å²) in [5.74, 6) is 0.0288. The van der Waals surface area contributed by atoms with E-state index in [0.717, 1.165) is 25.9 Å². The minimum Gasteiger partial charge on any atom is -0.409 e. The molecule has 0 atom stereocenters. The first-order chi connectivity index (χ1) is 10.0. The van der Waals surface area contributed by atoms with Crippen molar-refractivity contribution in [3.63, 3.8) is 0 Å². The molecule has 21 heavy (non-hydrogen) atoms. The maximum absolute atomic E-state index is 13.8. The molecule has 0 bridgehead atoms. The van der Waals surface area contributed by atoms with Crippen molar-refractivity contribution in [3.8, 4) is 0 Å². The molecule has 116 valence electrons. The van der Waals surface area contributed by atoms with E-state index in [4.69, 9.17) is 22.5 Å². The maximum Gasteiger partial charge on any atom is 0.155 e. The monoisotopic (exact) mass is 331 g/mol. The van der Waals surface area contributed by atoms with Gasteiger partial charge in [-0.1, -0.05) is 16.8 Å². The number of nitrogens with zero attached hydrogens (tertiary/aromatic N) is 2. The van der Waals surface area contributed by atoms with Gasteiger partial charge in [0.15, 0.2) is 5.84 Å². The Bertz CT molecular complexity index is 533. The molecule has 1 fully saturated rings. The highest BCUT2D eigenvalue weighted by Gasteiger charge is 2.38. The number of amidine groups is 1. The number of hydrogen-bond donors (Lipinski definition) is 2. The molecule has 0 saturated carbocycles. The smallest absolute Gasteiger partial charge is 0.155 e. The van der Waals surface area contributed by atoms with Crippen LogP contribution >= 0.6 is 23.4 Å². The van der Waals surface area contributed by atoms with Crippen molar-refractivity contribution in [3.05, 3.63) is 34.6 Å². The van der Waals surface area contributed by atoms with E-state index in [9.17, 15) is 4.39 Å². The molecule has 1 aromatic carbocycles. The number of rotatable bonds is 4. The lowest BCUT2D eigenvalue weighted by Gasteiger charge is -2.39. The third-order valence-corrected chi connectivity index (χ3v) is 5.66. The van der Waals surface area contributed by atoms with E-state index in [1.165, 1.54) is 6.07 Å². The molecule has 0 unspecified atom stereocenters. The van der Waals surface area contributed by atoms with Crippen LogP contribution in [0, 0.1) is 5.82 Å². The van der Waals surface area contributed by atoms with Gasteiger partial charge in [-0.3, -0.25) is 4.90 Å². The summed E-state index contributed by atoms with van der Waals surface area (Å²) >= 11 is 7.52. The van der Waals surface area contributed by atoms with Gasteiger partial charge in [0.05, 0.1) is 4.75 Å². The van der Waals surface area contributed by atoms with E-state index in [-0.39, 0.29) is 16.4 Å². The summed E-state index contributed by atoms with van der Waals surface area (Å²) in [6.45, 7) is 2.05. The van der Waals surface area contributed by atoms with Crippen molar-refractivity contribution >= 4 is 29.2 Å². The summed E-state index contributed by atoms with van der Waals surface area (Å²) in [6, 6.07) is 4.61. The molecule has 1 saturated heterocycles. The average molecular weight is 332 g/mol. The van der Waals surface area contributed by atoms with Crippen molar-refractivity contribution in [1.29, 1.82) is 0 Å². The van der Waals surface area contributed by atoms with Crippen molar-refractivity contribution in [2.45, 2.75) is 24.1 Å². The molecule has 1 aromatic rings. The van der Waals surface area contributed by atoms with Gasteiger partial charge >= 0.3 is 0 Å². The Balaban J connectivity index is 2.03. The summed E-state index contributed by atoms with van der Waals surface area (Å²) in [5.41, 5.74) is 6.42. The molecule has 3 N–H and O–H groups in total. The minimum atomic E-state index is -0.321. The molecule has 1 heterocycles. The second-order valence-corrected chi connectivity index (χ2v) is 6.82. The third kappa shape index (κ3) is 3.62. The second kappa shape index (κ2) is 6.85. The van der Waals surface area contributed by atoms with Crippen LogP contribution in [0.4, 0.5) is 4.39 Å². The standard InChI is InChI=1S/C14H19ClFN3OS/c1-21-14(13(17)18-20)4-6-19(7-5-14)9-10-8-11(15)2-3-12(10)16/h2-3,8,20H,4-7,9H2,1H3,(H2,17,18). The molecule has 1 aliphatic heterocycles. The Kier molecular flexibility index (Phi) is 5.35. The van der Waals surface area contributed by atoms with Crippen LogP contribution in [0.15, 0.2) is 23.4 Å². The Hall–Kier alpha value is -0.980. The van der Waals surface area contributed by atoms with E-state index < -0.39 is 0 Å². The predicted octanol–water partition coefficient (Wildman–Crippen LogP) is 2.92. The molecule has 0 radical (unpaired) electrons. The fraction of sp³-hybridized carbons (Fsp3) is 0.500. The lowest BCUT2D eigenvalue weighted by atomic mass is 9.94. The van der Waals surface area contributed by atoms with Crippen LogP contribution < -0.4 is 5.73 Å². The van der Waals surface area contributed by atoms with Gasteiger partial charge in [0.2, 0.25) is 0 Å². The Morgan fingerprint density at radius 2 is 2.19 bits per heavy atom. The van der Waals surface area contributed by atoms with Crippen molar-refractivity contribution in [1.82, 2.24) is 4.90 Å². The normalized spacial score (nSPS) is 19.7. The fourth-order valence-corrected chi connectivity index (χ4v) is 3.67. The molecule has 2 rings (SSSR count). The van der Waals surface area contributed by atoms with Crippen LogP contribution in [-0.2, 0) is 6.54 Å². The van der Waals surface area contributed by atoms with Gasteiger partial charge in [0.1, 0.15) is 5.82 Å². The molecule has 7 heteroatoms. The number of piperidine rings is 1. The molecule has 0 aliphatic carbocycles. The number of hydrogen-bond acceptors (Lipinski definition) is 4. The number of benzene rings is 1. The Morgan fingerprint density at radius 1 is 1.52 bits per heavy atom. The second-order valence-electron chi connectivity index (χ2n) is 5.20. The molecule has 0 amide bonds. The number of oxime groups is 1. The first-order valence-corrected chi connectivity index (χ1v) is 8.30. The molecular weight excluding hydrogens is 313 g/mol. The van der Waals surface area contributed by atoms with Crippen LogP contribution in [-0.4, -0.2) is 40.0 Å². The summed E-state index contributed by atoms with van der Waals surface area (Å²) in [4.78, 5) is 2.16. The van der Waals surface area contributed by atoms with Crippen molar-refractivity contribution in [2.24, 2.45) is 10.9 Å². The van der Waals surface area contributed by atoms with Crippen LogP contribution in [0.25, 0.3) is 0 Å². The van der Waals surface area contributed by atoms with Gasteiger partial charge < -0.3 is 10.9 Å². The number of thioether (sulfide) groups is 1. The van der Waals surface area contributed by atoms with E-state index in [2.05, 4.69) is 10.1 Å². The lowest BCUT2D eigenvalue weighted by Crippen LogP contribution is -2.49. The molecule has 0 aromatic heterocycles. The minimum absolute atomic E-state index is 0.238. The van der Waals surface area contributed by atoms with Gasteiger partial charge in [-0.15, -0.1) is 0 Å². The highest BCUT2D eigenvalue weighted by atomic mass is 35.5. The zero-order chi connectivity index (χ0) is 15.5. The number of nitrogens with two attached hydrogens (primary N) is 1. The first-order valence-electron chi connectivity index (χ1n) is 6.70. The molecule has 4 nitrogen and oxygen atoms in total. The van der Waals surface area contributed by atoms with Gasteiger partial charge in [0.25, 0.3) is 0 Å². The number of halogens is 2. The molecular formula is C14H19ClFN3OS. The lowest BCUT2D eigenvalue weighted by molar-refractivity contribution is 0.207. The summed E-state index contributed by atoms with van der Waals surface area (Å²) in [6.07, 6.45) is 3.50. The van der Waals surface area contributed by atoms with Crippen molar-refractivity contribution < 1.29 is 9.60 Å². The highest BCUT2D eigenvalue weighted by Crippen LogP contribution is 2.35. The van der Waals surface area contributed by atoms with E-state index >= 15 is 0 Å². The fourth-order valence-electron chi connectivity index (χ4n) is 2.63. The van der Waals surface area contributed by atoms with Crippen LogP contribution in [0.3, 0.4) is 0 Å². The Labute approximate surface area is 133 Å². The molecule has 0 spiro atoms. The van der Waals surface area contributed by atoms with Gasteiger partial charge in [-0.05, 0) is 37.3 Å². The van der Waals surface area contributed by atoms with Gasteiger partial charge in [-0.2, -0.15) is 11.8 Å². The predicted molar refractivity (Wildman–Crippen MR) is 85.6 cm³/mol. The van der Waals surface area contributed by atoms with Gasteiger partial charge in [0, 0.05) is 30.2 Å². The average Bonchev–Trinajstić information content (AvgIpc) is 2.51. The van der Waals surface area contributed by atoms with E-state index in [0.29, 0.717) is 17.1 Å². The van der Waals surface area contributed by atoms with Crippen molar-refractivity contribution in [2.75, 3.05) is 19.3 Å². The largest absolute Gasteiger partial charge is 0.409 e. The van der Waals surface area contributed by atoms with Gasteiger partial charge in [-0.25, -0.2) is 4.39 Å². The maximum atomic E-state index is 13.8. The molecule has 1 aliphatic rings. The summed E-state index contributed by atoms with van der Waals surface area (Å²) in [5, 5.41) is 12.6. The van der Waals surface area contributed by atoms with E-state index in [1.807, 2.05) is 6.26 Å². The first kappa shape index (κ1) is 16.4. The topological polar surface area (TPSA) is 61.9 Å². The summed E-state index contributed by atoms with van der Waals surface area (Å²) < 4.78 is 13.4. The highest BCUT2D eigenvalue weighted by molar-refractivity contribution is 8.00. The Morgan fingerprint density at radius 3 is 2.76 bits per heavy atom. The number of likely N-dealkylation sites (tertiary alicyclic amines) is 1.